The zero-order chi connectivity index (χ0) is 14.4. The number of nitrogens with zero attached hydrogens (tertiary/aromatic N) is 2. The molecule has 20 heavy (non-hydrogen) atoms. The lowest BCUT2D eigenvalue weighted by Crippen LogP contribution is -1.92. The Balaban J connectivity index is 1.98. The third-order valence-corrected chi connectivity index (χ3v) is 2.84. The normalized spacial score (nSPS) is 10.7. The molecule has 0 aliphatic rings. The van der Waals surface area contributed by atoms with Crippen molar-refractivity contribution >= 4 is 23.5 Å². The van der Waals surface area contributed by atoms with Gasteiger partial charge in [0.05, 0.1) is 11.1 Å². The molecule has 2 aromatic carbocycles. The minimum Gasteiger partial charge on any atom is -0.391 e. The summed E-state index contributed by atoms with van der Waals surface area (Å²) in [6.07, 6.45) is 1.41. The first-order valence-electron chi connectivity index (χ1n) is 5.80. The van der Waals surface area contributed by atoms with E-state index in [0.717, 1.165) is 5.56 Å². The zero-order valence-corrected chi connectivity index (χ0v) is 11.2. The van der Waals surface area contributed by atoms with E-state index in [4.69, 9.17) is 16.4 Å². The highest BCUT2D eigenvalue weighted by molar-refractivity contribution is 6.32. The molecule has 0 amide bonds. The van der Waals surface area contributed by atoms with Crippen molar-refractivity contribution in [1.82, 2.24) is 0 Å². The Hall–Kier alpha value is -2.40. The van der Waals surface area contributed by atoms with Crippen molar-refractivity contribution in [3.05, 3.63) is 74.8 Å². The molecule has 0 atom stereocenters. The van der Waals surface area contributed by atoms with Crippen LogP contribution in [0, 0.1) is 10.1 Å². The molecule has 0 aliphatic carbocycles. The fourth-order valence-corrected chi connectivity index (χ4v) is 1.72. The van der Waals surface area contributed by atoms with E-state index < -0.39 is 4.92 Å². The largest absolute Gasteiger partial charge is 0.391 e. The molecule has 6 heteroatoms. The molecule has 0 aromatic heterocycles. The Kier molecular flexibility index (Phi) is 4.68. The molecule has 2 aromatic rings. The molecule has 0 N–H and O–H groups in total. The molecule has 0 aliphatic heterocycles. The lowest BCUT2D eigenvalue weighted by molar-refractivity contribution is -0.384. The first kappa shape index (κ1) is 14.0. The highest BCUT2D eigenvalue weighted by atomic mass is 35.5. The van der Waals surface area contributed by atoms with Gasteiger partial charge in [-0.1, -0.05) is 53.2 Å². The predicted molar refractivity (Wildman–Crippen MR) is 76.9 cm³/mol. The SMILES string of the molecule is O=[N+]([O-])c1cc(/C=N/OCc2ccccc2)ccc1Cl. The minimum atomic E-state index is -0.537. The third-order valence-electron chi connectivity index (χ3n) is 2.52. The van der Waals surface area contributed by atoms with Gasteiger partial charge < -0.3 is 4.84 Å². The Bertz CT molecular complexity index is 630. The van der Waals surface area contributed by atoms with E-state index in [1.54, 1.807) is 6.07 Å². The number of halogens is 1. The molecule has 0 saturated heterocycles. The van der Waals surface area contributed by atoms with Gasteiger partial charge in [0.1, 0.15) is 11.6 Å². The number of oxime groups is 1. The third kappa shape index (κ3) is 3.80. The second kappa shape index (κ2) is 6.68. The second-order valence-electron chi connectivity index (χ2n) is 3.96. The summed E-state index contributed by atoms with van der Waals surface area (Å²) in [6, 6.07) is 14.0. The molecule has 0 unspecified atom stereocenters. The van der Waals surface area contributed by atoms with Crippen LogP contribution in [-0.4, -0.2) is 11.1 Å². The number of benzene rings is 2. The van der Waals surface area contributed by atoms with Gasteiger partial charge in [0.15, 0.2) is 0 Å². The quantitative estimate of drug-likeness (QED) is 0.478. The summed E-state index contributed by atoms with van der Waals surface area (Å²) in [5.74, 6) is 0. The van der Waals surface area contributed by atoms with Crippen LogP contribution in [0.3, 0.4) is 0 Å². The molecular weight excluding hydrogens is 280 g/mol. The molecule has 0 radical (unpaired) electrons. The molecule has 5 nitrogen and oxygen atoms in total. The summed E-state index contributed by atoms with van der Waals surface area (Å²) in [5, 5.41) is 14.6. The van der Waals surface area contributed by atoms with Crippen LogP contribution >= 0.6 is 11.6 Å². The molecule has 0 spiro atoms. The zero-order valence-electron chi connectivity index (χ0n) is 10.4. The molecule has 0 bridgehead atoms. The van der Waals surface area contributed by atoms with Gasteiger partial charge in [0.25, 0.3) is 5.69 Å². The predicted octanol–water partition coefficient (Wildman–Crippen LogP) is 3.80. The van der Waals surface area contributed by atoms with E-state index in [9.17, 15) is 10.1 Å². The molecule has 0 heterocycles. The fourth-order valence-electron chi connectivity index (χ4n) is 1.53. The monoisotopic (exact) mass is 290 g/mol. The van der Waals surface area contributed by atoms with Crippen molar-refractivity contribution < 1.29 is 9.76 Å². The Morgan fingerprint density at radius 1 is 1.25 bits per heavy atom. The molecule has 2 rings (SSSR count). The Morgan fingerprint density at radius 2 is 2.00 bits per heavy atom. The lowest BCUT2D eigenvalue weighted by atomic mass is 10.2. The van der Waals surface area contributed by atoms with Crippen molar-refractivity contribution in [3.8, 4) is 0 Å². The highest BCUT2D eigenvalue weighted by Crippen LogP contribution is 2.24. The van der Waals surface area contributed by atoms with Gasteiger partial charge in [-0.3, -0.25) is 10.1 Å². The maximum absolute atomic E-state index is 10.7. The molecule has 0 fully saturated rings. The van der Waals surface area contributed by atoms with Gasteiger partial charge in [0, 0.05) is 11.6 Å². The fraction of sp³-hybridized carbons (Fsp3) is 0.0714. The van der Waals surface area contributed by atoms with E-state index in [0.29, 0.717) is 12.2 Å². The van der Waals surface area contributed by atoms with Crippen molar-refractivity contribution in [1.29, 1.82) is 0 Å². The van der Waals surface area contributed by atoms with Gasteiger partial charge in [-0.25, -0.2) is 0 Å². The van der Waals surface area contributed by atoms with Crippen molar-refractivity contribution in [2.24, 2.45) is 5.16 Å². The molecule has 0 saturated carbocycles. The maximum Gasteiger partial charge on any atom is 0.288 e. The topological polar surface area (TPSA) is 64.7 Å². The highest BCUT2D eigenvalue weighted by Gasteiger charge is 2.11. The van der Waals surface area contributed by atoms with Crippen LogP contribution in [0.5, 0.6) is 0 Å². The summed E-state index contributed by atoms with van der Waals surface area (Å²) >= 11 is 5.72. The number of hydrogen-bond acceptors (Lipinski definition) is 4. The summed E-state index contributed by atoms with van der Waals surface area (Å²) in [7, 11) is 0. The summed E-state index contributed by atoms with van der Waals surface area (Å²) in [5.41, 5.74) is 1.39. The van der Waals surface area contributed by atoms with Crippen molar-refractivity contribution in [2.45, 2.75) is 6.61 Å². The van der Waals surface area contributed by atoms with E-state index in [-0.39, 0.29) is 10.7 Å². The van der Waals surface area contributed by atoms with Gasteiger partial charge in [0.2, 0.25) is 0 Å². The first-order chi connectivity index (χ1) is 9.66. The van der Waals surface area contributed by atoms with E-state index in [1.165, 1.54) is 18.3 Å². The van der Waals surface area contributed by atoms with Gasteiger partial charge in [-0.15, -0.1) is 0 Å². The van der Waals surface area contributed by atoms with Gasteiger partial charge >= 0.3 is 0 Å². The van der Waals surface area contributed by atoms with E-state index in [2.05, 4.69) is 5.16 Å². The van der Waals surface area contributed by atoms with Crippen LogP contribution < -0.4 is 0 Å². The van der Waals surface area contributed by atoms with E-state index in [1.807, 2.05) is 30.3 Å². The Labute approximate surface area is 120 Å². The molecular formula is C14H11ClN2O3. The number of nitro benzene ring substituents is 1. The summed E-state index contributed by atoms with van der Waals surface area (Å²) in [4.78, 5) is 15.3. The van der Waals surface area contributed by atoms with E-state index >= 15 is 0 Å². The van der Waals surface area contributed by atoms with Crippen LogP contribution in [0.15, 0.2) is 53.7 Å². The maximum atomic E-state index is 10.7. The van der Waals surface area contributed by atoms with Crippen LogP contribution in [0.25, 0.3) is 0 Å². The van der Waals surface area contributed by atoms with Crippen LogP contribution in [0.1, 0.15) is 11.1 Å². The number of rotatable bonds is 5. The smallest absolute Gasteiger partial charge is 0.288 e. The average Bonchev–Trinajstić information content (AvgIpc) is 2.46. The van der Waals surface area contributed by atoms with Gasteiger partial charge in [-0.2, -0.15) is 0 Å². The van der Waals surface area contributed by atoms with Crippen LogP contribution in [0.4, 0.5) is 5.69 Å². The standard InChI is InChI=1S/C14H11ClN2O3/c15-13-7-6-12(8-14(13)17(18)19)9-16-20-10-11-4-2-1-3-5-11/h1-9H,10H2/b16-9+. The van der Waals surface area contributed by atoms with Gasteiger partial charge in [-0.05, 0) is 11.6 Å². The number of hydrogen-bond donors (Lipinski definition) is 0. The minimum absolute atomic E-state index is 0.0948. The summed E-state index contributed by atoms with van der Waals surface area (Å²) in [6.45, 7) is 0.340. The van der Waals surface area contributed by atoms with Crippen molar-refractivity contribution in [2.75, 3.05) is 0 Å². The van der Waals surface area contributed by atoms with Crippen LogP contribution in [-0.2, 0) is 11.4 Å². The summed E-state index contributed by atoms with van der Waals surface area (Å²) < 4.78 is 0. The second-order valence-corrected chi connectivity index (χ2v) is 4.37. The Morgan fingerprint density at radius 3 is 2.70 bits per heavy atom. The number of nitro groups is 1. The van der Waals surface area contributed by atoms with Crippen molar-refractivity contribution in [3.63, 3.8) is 0 Å². The average molecular weight is 291 g/mol. The van der Waals surface area contributed by atoms with Crippen LogP contribution in [0.2, 0.25) is 5.02 Å². The lowest BCUT2D eigenvalue weighted by Gasteiger charge is -1.99. The molecule has 102 valence electrons. The first-order valence-corrected chi connectivity index (χ1v) is 6.18.